The van der Waals surface area contributed by atoms with E-state index in [1.807, 2.05) is 6.20 Å². The molecule has 0 amide bonds. The first-order chi connectivity index (χ1) is 7.59. The summed E-state index contributed by atoms with van der Waals surface area (Å²) in [6, 6.07) is 3.57. The van der Waals surface area contributed by atoms with Gasteiger partial charge >= 0.3 is 5.97 Å². The highest BCUT2D eigenvalue weighted by Gasteiger charge is 2.12. The van der Waals surface area contributed by atoms with Crippen molar-refractivity contribution in [2.75, 3.05) is 0 Å². The lowest BCUT2D eigenvalue weighted by atomic mass is 10.3. The number of carboxylic acid groups (broad SMARTS) is 1. The molecule has 0 bridgehead atoms. The summed E-state index contributed by atoms with van der Waals surface area (Å²) in [4.78, 5) is 14.8. The molecule has 4 nitrogen and oxygen atoms in total. The molecule has 16 heavy (non-hydrogen) atoms. The minimum Gasteiger partial charge on any atom is -0.481 e. The maximum atomic E-state index is 10.5. The van der Waals surface area contributed by atoms with E-state index in [-0.39, 0.29) is 6.42 Å². The third-order valence-electron chi connectivity index (χ3n) is 2.21. The Morgan fingerprint density at radius 2 is 2.38 bits per heavy atom. The number of hydrogen-bond acceptors (Lipinski definition) is 2. The van der Waals surface area contributed by atoms with Gasteiger partial charge in [-0.25, -0.2) is 4.98 Å². The first-order valence-corrected chi connectivity index (χ1v) is 5.79. The van der Waals surface area contributed by atoms with Crippen molar-refractivity contribution in [3.8, 4) is 0 Å². The molecule has 0 saturated carbocycles. The van der Waals surface area contributed by atoms with Crippen LogP contribution in [0.3, 0.4) is 0 Å². The van der Waals surface area contributed by atoms with Gasteiger partial charge < -0.3 is 9.51 Å². The second kappa shape index (κ2) is 4.43. The molecule has 2 aromatic heterocycles. The summed E-state index contributed by atoms with van der Waals surface area (Å²) in [5, 5.41) is 9.22. The third-order valence-corrected chi connectivity index (χ3v) is 3.07. The highest BCUT2D eigenvalue weighted by Crippen LogP contribution is 2.26. The molecule has 0 aliphatic heterocycles. The Balaban J connectivity index is 2.47. The van der Waals surface area contributed by atoms with E-state index in [2.05, 4.69) is 20.9 Å². The summed E-state index contributed by atoms with van der Waals surface area (Å²) < 4.78 is 2.44. The SMILES string of the molecule is O=C(O)CCc1nc(Br)c2c(Cl)cccn12. The summed E-state index contributed by atoms with van der Waals surface area (Å²) >= 11 is 9.34. The summed E-state index contributed by atoms with van der Waals surface area (Å²) in [6.45, 7) is 0. The maximum Gasteiger partial charge on any atom is 0.303 e. The van der Waals surface area contributed by atoms with Gasteiger partial charge in [0.15, 0.2) is 0 Å². The maximum absolute atomic E-state index is 10.5. The lowest BCUT2D eigenvalue weighted by Crippen LogP contribution is -2.01. The quantitative estimate of drug-likeness (QED) is 0.948. The van der Waals surface area contributed by atoms with E-state index in [1.165, 1.54) is 0 Å². The smallest absolute Gasteiger partial charge is 0.303 e. The molecule has 0 radical (unpaired) electrons. The molecular formula is C10H8BrClN2O2. The zero-order chi connectivity index (χ0) is 11.7. The van der Waals surface area contributed by atoms with Crippen LogP contribution in [0.15, 0.2) is 22.9 Å². The van der Waals surface area contributed by atoms with Gasteiger partial charge in [0.05, 0.1) is 17.0 Å². The molecule has 2 rings (SSSR count). The van der Waals surface area contributed by atoms with Crippen LogP contribution in [0.1, 0.15) is 12.2 Å². The number of aryl methyl sites for hydroxylation is 1. The van der Waals surface area contributed by atoms with Gasteiger partial charge in [-0.3, -0.25) is 4.79 Å². The number of pyridine rings is 1. The molecule has 6 heteroatoms. The highest BCUT2D eigenvalue weighted by atomic mass is 79.9. The van der Waals surface area contributed by atoms with Crippen LogP contribution in [0.2, 0.25) is 5.02 Å². The van der Waals surface area contributed by atoms with E-state index >= 15 is 0 Å². The van der Waals surface area contributed by atoms with Crippen LogP contribution in [0.4, 0.5) is 0 Å². The van der Waals surface area contributed by atoms with Crippen molar-refractivity contribution in [1.29, 1.82) is 0 Å². The molecule has 1 N–H and O–H groups in total. The van der Waals surface area contributed by atoms with Crippen molar-refractivity contribution < 1.29 is 9.90 Å². The monoisotopic (exact) mass is 302 g/mol. The first kappa shape index (κ1) is 11.4. The minimum atomic E-state index is -0.838. The molecule has 0 unspecified atom stereocenters. The standard InChI is InChI=1S/C10H8BrClN2O2/c11-10-9-6(12)2-1-5-14(9)7(13-10)3-4-8(15)16/h1-2,5H,3-4H2,(H,15,16). The van der Waals surface area contributed by atoms with Crippen molar-refractivity contribution >= 4 is 39.0 Å². The zero-order valence-electron chi connectivity index (χ0n) is 8.15. The van der Waals surface area contributed by atoms with E-state index in [0.29, 0.717) is 21.9 Å². The van der Waals surface area contributed by atoms with Crippen LogP contribution in [0.25, 0.3) is 5.52 Å². The molecule has 84 valence electrons. The summed E-state index contributed by atoms with van der Waals surface area (Å²) in [5.74, 6) is -0.151. The topological polar surface area (TPSA) is 54.6 Å². The van der Waals surface area contributed by atoms with Gasteiger partial charge in [0, 0.05) is 12.6 Å². The minimum absolute atomic E-state index is 0.0536. The fourth-order valence-corrected chi connectivity index (χ4v) is 2.49. The van der Waals surface area contributed by atoms with E-state index in [4.69, 9.17) is 16.7 Å². The Morgan fingerprint density at radius 3 is 3.06 bits per heavy atom. The molecule has 0 atom stereocenters. The Kier molecular flexibility index (Phi) is 3.16. The van der Waals surface area contributed by atoms with Crippen molar-refractivity contribution in [1.82, 2.24) is 9.38 Å². The average Bonchev–Trinajstić information content (AvgIpc) is 2.54. The first-order valence-electron chi connectivity index (χ1n) is 4.62. The number of imidazole rings is 1. The lowest BCUT2D eigenvalue weighted by Gasteiger charge is -2.00. The van der Waals surface area contributed by atoms with Gasteiger partial charge in [0.2, 0.25) is 0 Å². The van der Waals surface area contributed by atoms with Gasteiger partial charge in [-0.2, -0.15) is 0 Å². The number of nitrogens with zero attached hydrogens (tertiary/aromatic N) is 2. The predicted octanol–water partition coefficient (Wildman–Crippen LogP) is 2.77. The average molecular weight is 304 g/mol. The fraction of sp³-hybridized carbons (Fsp3) is 0.200. The summed E-state index contributed by atoms with van der Waals surface area (Å²) in [7, 11) is 0. The molecule has 0 fully saturated rings. The zero-order valence-corrected chi connectivity index (χ0v) is 10.5. The number of carbonyl (C=O) groups is 1. The van der Waals surface area contributed by atoms with Crippen LogP contribution < -0.4 is 0 Å². The second-order valence-electron chi connectivity index (χ2n) is 3.29. The van der Waals surface area contributed by atoms with Gasteiger partial charge in [-0.1, -0.05) is 11.6 Å². The largest absolute Gasteiger partial charge is 0.481 e. The number of carboxylic acids is 1. The Morgan fingerprint density at radius 1 is 1.62 bits per heavy atom. The number of aromatic nitrogens is 2. The Bertz CT molecular complexity index is 553. The van der Waals surface area contributed by atoms with Crippen LogP contribution in [-0.2, 0) is 11.2 Å². The second-order valence-corrected chi connectivity index (χ2v) is 4.45. The molecular weight excluding hydrogens is 295 g/mol. The van der Waals surface area contributed by atoms with Crippen LogP contribution >= 0.6 is 27.5 Å². The molecule has 2 heterocycles. The predicted molar refractivity (Wildman–Crippen MR) is 63.9 cm³/mol. The Hall–Kier alpha value is -1.07. The van der Waals surface area contributed by atoms with Crippen LogP contribution in [-0.4, -0.2) is 20.5 Å². The number of hydrogen-bond donors (Lipinski definition) is 1. The Labute approximate surface area is 105 Å². The summed E-state index contributed by atoms with van der Waals surface area (Å²) in [5.41, 5.74) is 0.768. The fourth-order valence-electron chi connectivity index (χ4n) is 1.51. The number of fused-ring (bicyclic) bond motifs is 1. The van der Waals surface area contributed by atoms with Crippen LogP contribution in [0.5, 0.6) is 0 Å². The van der Waals surface area contributed by atoms with Gasteiger partial charge in [0.1, 0.15) is 10.4 Å². The molecule has 0 saturated heterocycles. The molecule has 0 aliphatic carbocycles. The van der Waals surface area contributed by atoms with Crippen molar-refractivity contribution in [3.63, 3.8) is 0 Å². The van der Waals surface area contributed by atoms with E-state index in [1.54, 1.807) is 16.5 Å². The number of rotatable bonds is 3. The number of halogens is 2. The van der Waals surface area contributed by atoms with Crippen molar-refractivity contribution in [3.05, 3.63) is 33.8 Å². The van der Waals surface area contributed by atoms with Crippen molar-refractivity contribution in [2.45, 2.75) is 12.8 Å². The normalized spacial score (nSPS) is 10.9. The van der Waals surface area contributed by atoms with Crippen molar-refractivity contribution in [2.24, 2.45) is 0 Å². The van der Waals surface area contributed by atoms with E-state index in [0.717, 1.165) is 5.52 Å². The number of aliphatic carboxylic acids is 1. The van der Waals surface area contributed by atoms with E-state index < -0.39 is 5.97 Å². The van der Waals surface area contributed by atoms with Gasteiger partial charge in [0.25, 0.3) is 0 Å². The molecule has 0 aromatic carbocycles. The van der Waals surface area contributed by atoms with E-state index in [9.17, 15) is 4.79 Å². The molecule has 0 spiro atoms. The lowest BCUT2D eigenvalue weighted by molar-refractivity contribution is -0.137. The highest BCUT2D eigenvalue weighted by molar-refractivity contribution is 9.10. The molecule has 0 aliphatic rings. The molecule has 2 aromatic rings. The van der Waals surface area contributed by atoms with Gasteiger partial charge in [-0.15, -0.1) is 0 Å². The summed E-state index contributed by atoms with van der Waals surface area (Å²) in [6.07, 6.45) is 2.25. The van der Waals surface area contributed by atoms with Gasteiger partial charge in [-0.05, 0) is 28.1 Å². The third kappa shape index (κ3) is 2.05. The van der Waals surface area contributed by atoms with Crippen LogP contribution in [0, 0.1) is 0 Å².